The van der Waals surface area contributed by atoms with E-state index in [1.807, 2.05) is 7.05 Å². The third-order valence-electron chi connectivity index (χ3n) is 3.10. The van der Waals surface area contributed by atoms with E-state index in [0.717, 1.165) is 40.6 Å². The fourth-order valence-corrected chi connectivity index (χ4v) is 3.31. The minimum atomic E-state index is -3.35. The predicted octanol–water partition coefficient (Wildman–Crippen LogP) is -0.0391. The molecule has 0 fully saturated rings. The van der Waals surface area contributed by atoms with Crippen molar-refractivity contribution in [2.24, 2.45) is 0 Å². The number of hydrogen-bond acceptors (Lipinski definition) is 6. The van der Waals surface area contributed by atoms with Crippen LogP contribution in [0.15, 0.2) is 0 Å². The average Bonchev–Trinajstić information content (AvgIpc) is 2.68. The van der Waals surface area contributed by atoms with Crippen molar-refractivity contribution in [1.29, 1.82) is 0 Å². The van der Waals surface area contributed by atoms with Gasteiger partial charge in [-0.05, 0) is 7.05 Å². The number of rotatable bonds is 4. The summed E-state index contributed by atoms with van der Waals surface area (Å²) in [5, 5.41) is 3.20. The summed E-state index contributed by atoms with van der Waals surface area (Å²) in [5.41, 5.74) is 1.03. The van der Waals surface area contributed by atoms with Crippen LogP contribution in [-0.2, 0) is 27.8 Å². The molecule has 2 heterocycles. The molecule has 2 rings (SSSR count). The molecule has 9 heteroatoms. The molecule has 0 aliphatic carbocycles. The molecule has 112 valence electrons. The van der Waals surface area contributed by atoms with Crippen LogP contribution < -0.4 is 5.32 Å². The zero-order chi connectivity index (χ0) is 14.9. The Morgan fingerprint density at radius 1 is 1.55 bits per heavy atom. The number of carbonyl (C=O) groups is 1. The van der Waals surface area contributed by atoms with E-state index in [1.165, 1.54) is 18.4 Å². The number of thiazole rings is 1. The Balaban J connectivity index is 1.99. The highest BCUT2D eigenvalue weighted by atomic mass is 32.2. The molecule has 0 saturated heterocycles. The number of hydrogen-bond donors (Lipinski definition) is 1. The molecule has 1 aliphatic rings. The van der Waals surface area contributed by atoms with Crippen LogP contribution in [0.1, 0.15) is 10.6 Å². The van der Waals surface area contributed by atoms with Gasteiger partial charge in [-0.25, -0.2) is 13.4 Å². The molecule has 0 bridgehead atoms. The van der Waals surface area contributed by atoms with Crippen LogP contribution >= 0.6 is 11.3 Å². The third-order valence-corrected chi connectivity index (χ3v) is 5.36. The topological polar surface area (TPSA) is 82.6 Å². The second-order valence-electron chi connectivity index (χ2n) is 4.94. The van der Waals surface area contributed by atoms with E-state index in [-0.39, 0.29) is 12.5 Å². The Labute approximate surface area is 122 Å². The molecule has 1 amide bonds. The Morgan fingerprint density at radius 2 is 2.25 bits per heavy atom. The second kappa shape index (κ2) is 5.76. The molecule has 0 saturated carbocycles. The highest BCUT2D eigenvalue weighted by Crippen LogP contribution is 2.27. The van der Waals surface area contributed by atoms with Gasteiger partial charge >= 0.3 is 0 Å². The summed E-state index contributed by atoms with van der Waals surface area (Å²) in [6, 6.07) is 0. The molecule has 0 radical (unpaired) electrons. The molecule has 1 aromatic heterocycles. The van der Waals surface area contributed by atoms with Crippen LogP contribution in [0.3, 0.4) is 0 Å². The van der Waals surface area contributed by atoms with E-state index in [2.05, 4.69) is 15.2 Å². The zero-order valence-corrected chi connectivity index (χ0v) is 13.3. The van der Waals surface area contributed by atoms with Crippen molar-refractivity contribution in [3.05, 3.63) is 10.6 Å². The summed E-state index contributed by atoms with van der Waals surface area (Å²) in [6.07, 6.45) is 1.94. The van der Waals surface area contributed by atoms with E-state index in [1.54, 1.807) is 0 Å². The van der Waals surface area contributed by atoms with Gasteiger partial charge in [-0.1, -0.05) is 0 Å². The van der Waals surface area contributed by atoms with Gasteiger partial charge in [-0.3, -0.25) is 4.79 Å². The zero-order valence-electron chi connectivity index (χ0n) is 11.7. The van der Waals surface area contributed by atoms with E-state index in [4.69, 9.17) is 0 Å². The molecule has 0 aromatic carbocycles. The molecule has 0 spiro atoms. The van der Waals surface area contributed by atoms with Gasteiger partial charge in [0.25, 0.3) is 0 Å². The van der Waals surface area contributed by atoms with Crippen LogP contribution in [0.4, 0.5) is 5.13 Å². The lowest BCUT2D eigenvalue weighted by molar-refractivity contribution is -0.116. The lowest BCUT2D eigenvalue weighted by atomic mass is 10.2. The number of likely N-dealkylation sites (N-methyl/N-ethyl adjacent to an activating group) is 2. The summed E-state index contributed by atoms with van der Waals surface area (Å²) in [7, 11) is 0.0645. The van der Waals surface area contributed by atoms with Crippen molar-refractivity contribution in [2.45, 2.75) is 13.0 Å². The summed E-state index contributed by atoms with van der Waals surface area (Å²) < 4.78 is 23.5. The molecule has 20 heavy (non-hydrogen) atoms. The first-order chi connectivity index (χ1) is 9.25. The SMILES string of the molecule is CN1CCc2nc(NC(=O)CN(C)S(C)(=O)=O)sc2C1. The molecular formula is C11H18N4O3S2. The van der Waals surface area contributed by atoms with Gasteiger partial charge in [0.2, 0.25) is 15.9 Å². The van der Waals surface area contributed by atoms with E-state index >= 15 is 0 Å². The Morgan fingerprint density at radius 3 is 2.90 bits per heavy atom. The largest absolute Gasteiger partial charge is 0.301 e. The number of fused-ring (bicyclic) bond motifs is 1. The summed E-state index contributed by atoms with van der Waals surface area (Å²) >= 11 is 1.45. The Hall–Kier alpha value is -1.03. The highest BCUT2D eigenvalue weighted by molar-refractivity contribution is 7.88. The van der Waals surface area contributed by atoms with Gasteiger partial charge in [0.15, 0.2) is 5.13 Å². The second-order valence-corrected chi connectivity index (χ2v) is 8.12. The maximum Gasteiger partial charge on any atom is 0.241 e. The smallest absolute Gasteiger partial charge is 0.241 e. The number of amides is 1. The summed E-state index contributed by atoms with van der Waals surface area (Å²) in [6.45, 7) is 1.59. The van der Waals surface area contributed by atoms with Gasteiger partial charge in [-0.2, -0.15) is 4.31 Å². The molecule has 1 aromatic rings. The van der Waals surface area contributed by atoms with Crippen molar-refractivity contribution < 1.29 is 13.2 Å². The number of aromatic nitrogens is 1. The average molecular weight is 318 g/mol. The lowest BCUT2D eigenvalue weighted by Gasteiger charge is -2.20. The predicted molar refractivity (Wildman–Crippen MR) is 78.3 cm³/mol. The normalized spacial score (nSPS) is 16.2. The minimum absolute atomic E-state index is 0.205. The van der Waals surface area contributed by atoms with E-state index < -0.39 is 10.0 Å². The number of anilines is 1. The lowest BCUT2D eigenvalue weighted by Crippen LogP contribution is -2.34. The molecule has 0 atom stereocenters. The van der Waals surface area contributed by atoms with Gasteiger partial charge in [-0.15, -0.1) is 11.3 Å². The van der Waals surface area contributed by atoms with Gasteiger partial charge in [0.05, 0.1) is 18.5 Å². The van der Waals surface area contributed by atoms with Crippen molar-refractivity contribution in [3.8, 4) is 0 Å². The standard InChI is InChI=1S/C11H18N4O3S2/c1-14-5-4-8-9(6-14)19-11(12-8)13-10(16)7-15(2)20(3,17)18/h4-7H2,1-3H3,(H,12,13,16). The quantitative estimate of drug-likeness (QED) is 0.842. The van der Waals surface area contributed by atoms with Crippen molar-refractivity contribution in [3.63, 3.8) is 0 Å². The first kappa shape index (κ1) is 15.4. The Bertz CT molecular complexity index is 611. The number of sulfonamides is 1. The maximum absolute atomic E-state index is 11.8. The number of nitrogens with zero attached hydrogens (tertiary/aromatic N) is 3. The molecule has 1 N–H and O–H groups in total. The molecule has 1 aliphatic heterocycles. The number of nitrogens with one attached hydrogen (secondary N) is 1. The van der Waals surface area contributed by atoms with Crippen LogP contribution in [-0.4, -0.2) is 62.0 Å². The fourth-order valence-electron chi connectivity index (χ4n) is 1.85. The van der Waals surface area contributed by atoms with Crippen LogP contribution in [0, 0.1) is 0 Å². The van der Waals surface area contributed by atoms with Crippen LogP contribution in [0.25, 0.3) is 0 Å². The first-order valence-corrected chi connectivity index (χ1v) is 8.80. The van der Waals surface area contributed by atoms with E-state index in [0.29, 0.717) is 5.13 Å². The van der Waals surface area contributed by atoms with Crippen molar-refractivity contribution in [1.82, 2.24) is 14.2 Å². The van der Waals surface area contributed by atoms with Gasteiger partial charge in [0.1, 0.15) is 0 Å². The van der Waals surface area contributed by atoms with Gasteiger partial charge in [0, 0.05) is 31.4 Å². The fraction of sp³-hybridized carbons (Fsp3) is 0.636. The van der Waals surface area contributed by atoms with Crippen molar-refractivity contribution >= 4 is 32.4 Å². The summed E-state index contributed by atoms with van der Waals surface area (Å²) in [5.74, 6) is -0.377. The van der Waals surface area contributed by atoms with Crippen LogP contribution in [0.2, 0.25) is 0 Å². The number of carbonyl (C=O) groups excluding carboxylic acids is 1. The monoisotopic (exact) mass is 318 g/mol. The summed E-state index contributed by atoms with van der Waals surface area (Å²) in [4.78, 5) is 19.5. The highest BCUT2D eigenvalue weighted by Gasteiger charge is 2.20. The van der Waals surface area contributed by atoms with Crippen LogP contribution in [0.5, 0.6) is 0 Å². The first-order valence-electron chi connectivity index (χ1n) is 6.14. The molecular weight excluding hydrogens is 300 g/mol. The third kappa shape index (κ3) is 3.75. The molecule has 7 nitrogen and oxygen atoms in total. The Kier molecular flexibility index (Phi) is 4.43. The minimum Gasteiger partial charge on any atom is -0.301 e. The van der Waals surface area contributed by atoms with Gasteiger partial charge < -0.3 is 10.2 Å². The molecule has 0 unspecified atom stereocenters. The maximum atomic E-state index is 11.8. The van der Waals surface area contributed by atoms with E-state index in [9.17, 15) is 13.2 Å². The van der Waals surface area contributed by atoms with Crippen molar-refractivity contribution in [2.75, 3.05) is 38.8 Å².